The molecule has 2 aromatic carbocycles. The summed E-state index contributed by atoms with van der Waals surface area (Å²) in [6.07, 6.45) is 0. The summed E-state index contributed by atoms with van der Waals surface area (Å²) in [6.45, 7) is 3.32. The summed E-state index contributed by atoms with van der Waals surface area (Å²) in [7, 11) is 1.59. The lowest BCUT2D eigenvalue weighted by molar-refractivity contribution is -0.139. The Morgan fingerprint density at radius 3 is 2.45 bits per heavy atom. The molecule has 2 fully saturated rings. The first-order valence-electron chi connectivity index (χ1n) is 10.0. The van der Waals surface area contributed by atoms with Crippen molar-refractivity contribution in [3.8, 4) is 5.75 Å². The zero-order chi connectivity index (χ0) is 20.2. The Morgan fingerprint density at radius 1 is 0.966 bits per heavy atom. The van der Waals surface area contributed by atoms with Gasteiger partial charge < -0.3 is 19.3 Å². The van der Waals surface area contributed by atoms with Crippen LogP contribution in [0.25, 0.3) is 0 Å². The van der Waals surface area contributed by atoms with Crippen LogP contribution in [-0.2, 0) is 9.53 Å². The molecule has 0 aliphatic carbocycles. The fraction of sp³-hybridized carbons (Fsp3) is 0.391. The lowest BCUT2D eigenvalue weighted by atomic mass is 9.88. The zero-order valence-electron chi connectivity index (χ0n) is 16.6. The fourth-order valence-electron chi connectivity index (χ4n) is 4.21. The molecule has 29 heavy (non-hydrogen) atoms. The molecule has 0 spiro atoms. The summed E-state index contributed by atoms with van der Waals surface area (Å²) in [5.41, 5.74) is 1.68. The van der Waals surface area contributed by atoms with Gasteiger partial charge in [-0.25, -0.2) is 0 Å². The van der Waals surface area contributed by atoms with E-state index in [9.17, 15) is 9.59 Å². The highest BCUT2D eigenvalue weighted by Gasteiger charge is 2.42. The quantitative estimate of drug-likeness (QED) is 0.799. The number of morpholine rings is 1. The first kappa shape index (κ1) is 19.5. The van der Waals surface area contributed by atoms with Gasteiger partial charge in [0.2, 0.25) is 5.91 Å². The number of carbonyl (C=O) groups excluding carboxylic acids is 2. The molecule has 6 nitrogen and oxygen atoms in total. The van der Waals surface area contributed by atoms with Crippen LogP contribution < -0.4 is 4.74 Å². The molecule has 4 rings (SSSR count). The van der Waals surface area contributed by atoms with Crippen LogP contribution in [0.5, 0.6) is 5.75 Å². The van der Waals surface area contributed by atoms with Crippen LogP contribution in [-0.4, -0.2) is 68.1 Å². The van der Waals surface area contributed by atoms with Gasteiger partial charge in [-0.05, 0) is 23.8 Å². The first-order valence-corrected chi connectivity index (χ1v) is 10.0. The van der Waals surface area contributed by atoms with E-state index in [-0.39, 0.29) is 23.7 Å². The minimum Gasteiger partial charge on any atom is -0.497 e. The largest absolute Gasteiger partial charge is 0.497 e. The molecule has 0 aromatic heterocycles. The number of likely N-dealkylation sites (tertiary alicyclic amines) is 1. The van der Waals surface area contributed by atoms with E-state index in [0.717, 1.165) is 5.56 Å². The van der Waals surface area contributed by atoms with E-state index in [2.05, 4.69) is 0 Å². The molecular weight excluding hydrogens is 368 g/mol. The minimum atomic E-state index is -0.245. The fourth-order valence-corrected chi connectivity index (χ4v) is 4.21. The molecule has 2 saturated heterocycles. The number of ether oxygens (including phenoxy) is 2. The van der Waals surface area contributed by atoms with Crippen molar-refractivity contribution >= 4 is 11.8 Å². The average Bonchev–Trinajstić information content (AvgIpc) is 3.24. The van der Waals surface area contributed by atoms with Crippen LogP contribution in [0, 0.1) is 5.92 Å². The molecule has 152 valence electrons. The average molecular weight is 394 g/mol. The topological polar surface area (TPSA) is 59.1 Å². The Morgan fingerprint density at radius 2 is 1.72 bits per heavy atom. The van der Waals surface area contributed by atoms with Gasteiger partial charge >= 0.3 is 0 Å². The number of methoxy groups -OCH3 is 1. The Hall–Kier alpha value is -2.86. The normalized spacial score (nSPS) is 21.8. The van der Waals surface area contributed by atoms with Crippen molar-refractivity contribution in [2.45, 2.75) is 5.92 Å². The smallest absolute Gasteiger partial charge is 0.254 e. The molecule has 2 amide bonds. The highest BCUT2D eigenvalue weighted by molar-refractivity contribution is 5.95. The summed E-state index contributed by atoms with van der Waals surface area (Å²) >= 11 is 0. The van der Waals surface area contributed by atoms with Crippen molar-refractivity contribution in [3.63, 3.8) is 0 Å². The third-order valence-corrected chi connectivity index (χ3v) is 5.79. The van der Waals surface area contributed by atoms with Crippen LogP contribution in [0.4, 0.5) is 0 Å². The van der Waals surface area contributed by atoms with Crippen molar-refractivity contribution in [2.24, 2.45) is 5.92 Å². The highest BCUT2D eigenvalue weighted by atomic mass is 16.5. The van der Waals surface area contributed by atoms with Crippen molar-refractivity contribution in [1.29, 1.82) is 0 Å². The van der Waals surface area contributed by atoms with Crippen molar-refractivity contribution < 1.29 is 19.1 Å². The molecule has 0 N–H and O–H groups in total. The third kappa shape index (κ3) is 4.12. The standard InChI is InChI=1S/C23H26N2O4/c1-28-19-9-5-8-18(14-19)22(26)25-15-20(17-6-3-2-4-7-17)21(16-25)23(27)24-10-12-29-13-11-24/h2-9,14,20-21H,10-13,15-16H2,1H3. The van der Waals surface area contributed by atoms with Crippen LogP contribution >= 0.6 is 0 Å². The molecule has 2 aliphatic rings. The lowest BCUT2D eigenvalue weighted by Crippen LogP contribution is -2.45. The van der Waals surface area contributed by atoms with Gasteiger partial charge in [0.25, 0.3) is 5.91 Å². The second-order valence-electron chi connectivity index (χ2n) is 7.50. The zero-order valence-corrected chi connectivity index (χ0v) is 16.6. The number of hydrogen-bond acceptors (Lipinski definition) is 4. The highest BCUT2D eigenvalue weighted by Crippen LogP contribution is 2.35. The monoisotopic (exact) mass is 394 g/mol. The van der Waals surface area contributed by atoms with Gasteiger partial charge in [-0.1, -0.05) is 36.4 Å². The molecule has 0 saturated carbocycles. The van der Waals surface area contributed by atoms with Gasteiger partial charge in [0.05, 0.1) is 26.2 Å². The third-order valence-electron chi connectivity index (χ3n) is 5.79. The van der Waals surface area contributed by atoms with E-state index < -0.39 is 0 Å². The summed E-state index contributed by atoms with van der Waals surface area (Å²) in [6, 6.07) is 17.2. The predicted molar refractivity (Wildman–Crippen MR) is 109 cm³/mol. The van der Waals surface area contributed by atoms with Crippen LogP contribution in [0.1, 0.15) is 21.8 Å². The molecule has 2 aliphatic heterocycles. The van der Waals surface area contributed by atoms with E-state index in [1.165, 1.54) is 0 Å². The molecule has 2 atom stereocenters. The first-order chi connectivity index (χ1) is 14.2. The second-order valence-corrected chi connectivity index (χ2v) is 7.50. The molecule has 2 unspecified atom stereocenters. The molecule has 2 aromatic rings. The van der Waals surface area contributed by atoms with Crippen LogP contribution in [0.15, 0.2) is 54.6 Å². The predicted octanol–water partition coefficient (Wildman–Crippen LogP) is 2.41. The molecule has 6 heteroatoms. The number of benzene rings is 2. The number of rotatable bonds is 4. The van der Waals surface area contributed by atoms with Crippen molar-refractivity contribution in [1.82, 2.24) is 9.80 Å². The van der Waals surface area contributed by atoms with Gasteiger partial charge in [-0.15, -0.1) is 0 Å². The van der Waals surface area contributed by atoms with E-state index in [4.69, 9.17) is 9.47 Å². The summed E-state index contributed by atoms with van der Waals surface area (Å²) in [5, 5.41) is 0. The van der Waals surface area contributed by atoms with Gasteiger partial charge in [0, 0.05) is 37.7 Å². The maximum atomic E-state index is 13.3. The Balaban J connectivity index is 1.59. The Kier molecular flexibility index (Phi) is 5.81. The summed E-state index contributed by atoms with van der Waals surface area (Å²) in [4.78, 5) is 30.1. The Labute approximate surface area is 171 Å². The van der Waals surface area contributed by atoms with E-state index in [1.54, 1.807) is 24.1 Å². The minimum absolute atomic E-state index is 0.0129. The second kappa shape index (κ2) is 8.66. The van der Waals surface area contributed by atoms with Crippen LogP contribution in [0.2, 0.25) is 0 Å². The van der Waals surface area contributed by atoms with Gasteiger partial charge in [0.1, 0.15) is 5.75 Å². The lowest BCUT2D eigenvalue weighted by Gasteiger charge is -2.30. The van der Waals surface area contributed by atoms with Gasteiger partial charge in [-0.2, -0.15) is 0 Å². The molecule has 0 bridgehead atoms. The van der Waals surface area contributed by atoms with E-state index >= 15 is 0 Å². The SMILES string of the molecule is COc1cccc(C(=O)N2CC(C(=O)N3CCOCC3)C(c3ccccc3)C2)c1. The van der Waals surface area contributed by atoms with E-state index in [1.807, 2.05) is 47.4 Å². The molecule has 0 radical (unpaired) electrons. The van der Waals surface area contributed by atoms with Gasteiger partial charge in [0.15, 0.2) is 0 Å². The number of carbonyl (C=O) groups is 2. The Bertz CT molecular complexity index is 864. The van der Waals surface area contributed by atoms with Crippen molar-refractivity contribution in [2.75, 3.05) is 46.5 Å². The number of hydrogen-bond donors (Lipinski definition) is 0. The number of nitrogens with zero attached hydrogens (tertiary/aromatic N) is 2. The maximum absolute atomic E-state index is 13.3. The van der Waals surface area contributed by atoms with E-state index in [0.29, 0.717) is 50.7 Å². The van der Waals surface area contributed by atoms with Crippen LogP contribution in [0.3, 0.4) is 0 Å². The molecular formula is C23H26N2O4. The van der Waals surface area contributed by atoms with Gasteiger partial charge in [-0.3, -0.25) is 9.59 Å². The maximum Gasteiger partial charge on any atom is 0.254 e. The summed E-state index contributed by atoms with van der Waals surface area (Å²) < 4.78 is 10.6. The number of amides is 2. The molecule has 2 heterocycles. The van der Waals surface area contributed by atoms with Crippen molar-refractivity contribution in [3.05, 3.63) is 65.7 Å². The summed E-state index contributed by atoms with van der Waals surface area (Å²) in [5.74, 6) is 0.437.